The molecule has 0 unspecified atom stereocenters. The van der Waals surface area contributed by atoms with Crippen LogP contribution in [0.4, 0.5) is 28.9 Å². The van der Waals surface area contributed by atoms with Crippen LogP contribution in [0, 0.1) is 0 Å². The third kappa shape index (κ3) is 3.30. The molecule has 1 rings (SSSR count). The van der Waals surface area contributed by atoms with Gasteiger partial charge in [0, 0.05) is 11.4 Å². The molecule has 0 aliphatic rings. The van der Waals surface area contributed by atoms with Crippen molar-refractivity contribution in [3.05, 3.63) is 24.3 Å². The van der Waals surface area contributed by atoms with E-state index in [0.717, 1.165) is 0 Å². The number of nitrogens with one attached hydrogen (secondary N) is 1. The van der Waals surface area contributed by atoms with Gasteiger partial charge in [-0.25, -0.2) is 8.78 Å². The van der Waals surface area contributed by atoms with Gasteiger partial charge in [-0.15, -0.1) is 0 Å². The summed E-state index contributed by atoms with van der Waals surface area (Å²) >= 11 is 0. The molecule has 0 spiro atoms. The number of hydrogen-bond donors (Lipinski definition) is 2. The van der Waals surface area contributed by atoms with Gasteiger partial charge in [0.2, 0.25) is 0 Å². The van der Waals surface area contributed by atoms with Crippen molar-refractivity contribution in [2.45, 2.75) is 12.3 Å². The van der Waals surface area contributed by atoms with Crippen LogP contribution in [-0.2, 0) is 0 Å². The minimum Gasteiger partial charge on any atom is -0.399 e. The zero-order chi connectivity index (χ0) is 11.5. The molecule has 0 fully saturated rings. The highest BCUT2D eigenvalue weighted by Crippen LogP contribution is 2.23. The molecule has 15 heavy (non-hydrogen) atoms. The van der Waals surface area contributed by atoms with E-state index in [0.29, 0.717) is 5.69 Å². The summed E-state index contributed by atoms with van der Waals surface area (Å²) in [4.78, 5) is 0. The van der Waals surface area contributed by atoms with Gasteiger partial charge in [0.25, 0.3) is 0 Å². The largest absolute Gasteiger partial charge is 0.399 e. The number of nitrogens with two attached hydrogens (primary N) is 1. The molecule has 0 radical (unpaired) electrons. The van der Waals surface area contributed by atoms with E-state index in [-0.39, 0.29) is 5.69 Å². The van der Waals surface area contributed by atoms with Crippen molar-refractivity contribution < 1.29 is 17.6 Å². The van der Waals surface area contributed by atoms with E-state index in [1.54, 1.807) is 6.07 Å². The van der Waals surface area contributed by atoms with Gasteiger partial charge in [-0.1, -0.05) is 6.07 Å². The second-order valence-corrected chi connectivity index (χ2v) is 3.04. The van der Waals surface area contributed by atoms with Gasteiger partial charge in [-0.2, -0.15) is 8.78 Å². The molecule has 0 saturated heterocycles. The molecule has 3 N–H and O–H groups in total. The van der Waals surface area contributed by atoms with Gasteiger partial charge in [-0.3, -0.25) is 0 Å². The number of benzene rings is 1. The zero-order valence-corrected chi connectivity index (χ0v) is 7.68. The van der Waals surface area contributed by atoms with E-state index < -0.39 is 18.9 Å². The first-order valence-corrected chi connectivity index (χ1v) is 4.17. The molecule has 0 aliphatic carbocycles. The molecule has 0 atom stereocenters. The van der Waals surface area contributed by atoms with Gasteiger partial charge in [0.15, 0.2) is 0 Å². The molecule has 2 nitrogen and oxygen atoms in total. The van der Waals surface area contributed by atoms with Crippen LogP contribution in [0.5, 0.6) is 0 Å². The van der Waals surface area contributed by atoms with Crippen molar-refractivity contribution in [2.24, 2.45) is 0 Å². The summed E-state index contributed by atoms with van der Waals surface area (Å²) in [6.07, 6.45) is -3.67. The van der Waals surface area contributed by atoms with Gasteiger partial charge < -0.3 is 11.1 Å². The topological polar surface area (TPSA) is 38.0 Å². The summed E-state index contributed by atoms with van der Waals surface area (Å²) in [7, 11) is 0. The molecule has 0 aromatic heterocycles. The van der Waals surface area contributed by atoms with Crippen LogP contribution in [0.2, 0.25) is 0 Å². The normalized spacial score (nSPS) is 11.8. The summed E-state index contributed by atoms with van der Waals surface area (Å²) in [5.41, 5.74) is 6.04. The number of halogens is 4. The SMILES string of the molecule is Nc1cccc(NCC(F)(F)C(F)F)c1. The predicted molar refractivity (Wildman–Crippen MR) is 50.3 cm³/mol. The Morgan fingerprint density at radius 3 is 2.53 bits per heavy atom. The highest BCUT2D eigenvalue weighted by molar-refractivity contribution is 5.54. The second kappa shape index (κ2) is 4.37. The molecule has 1 aromatic rings. The standard InChI is InChI=1S/C9H10F4N2/c10-8(11)9(12,13)5-15-7-3-1-2-6(14)4-7/h1-4,8,15H,5,14H2. The first kappa shape index (κ1) is 11.6. The number of alkyl halides is 4. The van der Waals surface area contributed by atoms with Crippen LogP contribution >= 0.6 is 0 Å². The van der Waals surface area contributed by atoms with Crippen LogP contribution in [-0.4, -0.2) is 18.9 Å². The Labute approximate surface area is 84.1 Å². The third-order valence-corrected chi connectivity index (χ3v) is 1.73. The first-order chi connectivity index (χ1) is 6.92. The maximum absolute atomic E-state index is 12.5. The van der Waals surface area contributed by atoms with Crippen LogP contribution in [0.3, 0.4) is 0 Å². The summed E-state index contributed by atoms with van der Waals surface area (Å²) in [5, 5.41) is 2.20. The van der Waals surface area contributed by atoms with Gasteiger partial charge in [0.05, 0.1) is 6.54 Å². The number of nitrogen functional groups attached to an aromatic ring is 1. The predicted octanol–water partition coefficient (Wildman–Crippen LogP) is 2.58. The van der Waals surface area contributed by atoms with Gasteiger partial charge in [0.1, 0.15) is 0 Å². The lowest BCUT2D eigenvalue weighted by molar-refractivity contribution is -0.117. The van der Waals surface area contributed by atoms with E-state index in [4.69, 9.17) is 5.73 Å². The van der Waals surface area contributed by atoms with Crippen molar-refractivity contribution in [1.82, 2.24) is 0 Å². The molecule has 0 saturated carbocycles. The minimum atomic E-state index is -4.04. The van der Waals surface area contributed by atoms with Crippen LogP contribution in [0.25, 0.3) is 0 Å². The minimum absolute atomic E-state index is 0.287. The maximum Gasteiger partial charge on any atom is 0.324 e. The Bertz CT molecular complexity index is 328. The van der Waals surface area contributed by atoms with Crippen molar-refractivity contribution >= 4 is 11.4 Å². The van der Waals surface area contributed by atoms with E-state index in [1.165, 1.54) is 18.2 Å². The molecule has 0 bridgehead atoms. The highest BCUT2D eigenvalue weighted by Gasteiger charge is 2.40. The van der Waals surface area contributed by atoms with E-state index in [1.807, 2.05) is 0 Å². The molecule has 84 valence electrons. The smallest absolute Gasteiger partial charge is 0.324 e. The Kier molecular flexibility index (Phi) is 3.39. The second-order valence-electron chi connectivity index (χ2n) is 3.04. The lowest BCUT2D eigenvalue weighted by atomic mass is 10.2. The molecular weight excluding hydrogens is 212 g/mol. The number of anilines is 2. The molecule has 0 amide bonds. The molecule has 0 heterocycles. The molecule has 1 aromatic carbocycles. The number of rotatable bonds is 4. The number of hydrogen-bond acceptors (Lipinski definition) is 2. The molecular formula is C9H10F4N2. The van der Waals surface area contributed by atoms with Gasteiger partial charge in [-0.05, 0) is 18.2 Å². The quantitative estimate of drug-likeness (QED) is 0.607. The summed E-state index contributed by atoms with van der Waals surface area (Å²) in [6.45, 7) is -1.12. The average Bonchev–Trinajstić information content (AvgIpc) is 2.15. The van der Waals surface area contributed by atoms with Crippen LogP contribution in [0.15, 0.2) is 24.3 Å². The van der Waals surface area contributed by atoms with Crippen molar-refractivity contribution in [3.63, 3.8) is 0 Å². The van der Waals surface area contributed by atoms with Crippen molar-refractivity contribution in [3.8, 4) is 0 Å². The highest BCUT2D eigenvalue weighted by atomic mass is 19.3. The lowest BCUT2D eigenvalue weighted by Crippen LogP contribution is -2.34. The Morgan fingerprint density at radius 2 is 2.00 bits per heavy atom. The zero-order valence-electron chi connectivity index (χ0n) is 7.68. The maximum atomic E-state index is 12.5. The molecule has 0 aliphatic heterocycles. The average molecular weight is 222 g/mol. The fourth-order valence-electron chi connectivity index (χ4n) is 0.946. The van der Waals surface area contributed by atoms with Gasteiger partial charge >= 0.3 is 12.3 Å². The summed E-state index contributed by atoms with van der Waals surface area (Å²) in [5.74, 6) is -4.04. The van der Waals surface area contributed by atoms with E-state index in [9.17, 15) is 17.6 Å². The van der Waals surface area contributed by atoms with Crippen molar-refractivity contribution in [1.29, 1.82) is 0 Å². The summed E-state index contributed by atoms with van der Waals surface area (Å²) in [6, 6.07) is 5.97. The fraction of sp³-hybridized carbons (Fsp3) is 0.333. The van der Waals surface area contributed by atoms with E-state index in [2.05, 4.69) is 5.32 Å². The summed E-state index contributed by atoms with van der Waals surface area (Å²) < 4.78 is 48.5. The van der Waals surface area contributed by atoms with Crippen molar-refractivity contribution in [2.75, 3.05) is 17.6 Å². The Balaban J connectivity index is 2.57. The van der Waals surface area contributed by atoms with Crippen LogP contribution < -0.4 is 11.1 Å². The van der Waals surface area contributed by atoms with Crippen LogP contribution in [0.1, 0.15) is 0 Å². The Morgan fingerprint density at radius 1 is 1.33 bits per heavy atom. The molecule has 6 heteroatoms. The fourth-order valence-corrected chi connectivity index (χ4v) is 0.946. The monoisotopic (exact) mass is 222 g/mol. The first-order valence-electron chi connectivity index (χ1n) is 4.17. The third-order valence-electron chi connectivity index (χ3n) is 1.73. The van der Waals surface area contributed by atoms with E-state index >= 15 is 0 Å². The Hall–Kier alpha value is -1.46. The lowest BCUT2D eigenvalue weighted by Gasteiger charge is -2.16.